The van der Waals surface area contributed by atoms with E-state index in [1.807, 2.05) is 74.5 Å². The van der Waals surface area contributed by atoms with Crippen molar-refractivity contribution >= 4 is 23.4 Å². The number of allylic oxidation sites excluding steroid dienone is 1. The van der Waals surface area contributed by atoms with Gasteiger partial charge in [0.1, 0.15) is 5.75 Å². The van der Waals surface area contributed by atoms with Gasteiger partial charge in [-0.15, -0.1) is 0 Å². The van der Waals surface area contributed by atoms with Gasteiger partial charge < -0.3 is 9.47 Å². The van der Waals surface area contributed by atoms with Gasteiger partial charge in [-0.05, 0) is 42.7 Å². The molecule has 0 saturated heterocycles. The molecule has 0 amide bonds. The van der Waals surface area contributed by atoms with Crippen LogP contribution in [0.3, 0.4) is 0 Å². The monoisotopic (exact) mass is 448 g/mol. The predicted octanol–water partition coefficient (Wildman–Crippen LogP) is 3.20. The molecule has 3 aromatic rings. The number of carbonyl (C=O) groups excluding carboxylic acids is 1. The van der Waals surface area contributed by atoms with Crippen LogP contribution in [0.15, 0.2) is 75.7 Å². The second-order valence-electron chi connectivity index (χ2n) is 7.20. The summed E-state index contributed by atoms with van der Waals surface area (Å²) in [6.45, 7) is 4.48. The molecule has 6 nitrogen and oxygen atoms in total. The van der Waals surface area contributed by atoms with Gasteiger partial charge in [0.15, 0.2) is 4.80 Å². The van der Waals surface area contributed by atoms with E-state index in [2.05, 4.69) is 4.99 Å². The molecule has 4 rings (SSSR count). The number of carbonyl (C=O) groups is 1. The number of ether oxygens (including phenoxy) is 2. The Bertz CT molecular complexity index is 1340. The van der Waals surface area contributed by atoms with Crippen LogP contribution in [0.5, 0.6) is 5.75 Å². The lowest BCUT2D eigenvalue weighted by molar-refractivity contribution is -0.136. The van der Waals surface area contributed by atoms with E-state index in [1.165, 1.54) is 18.4 Å². The minimum atomic E-state index is -0.586. The normalized spacial score (nSPS) is 15.8. The number of hydrogen-bond donors (Lipinski definition) is 0. The summed E-state index contributed by atoms with van der Waals surface area (Å²) >= 11 is 1.32. The minimum absolute atomic E-state index is 0.187. The van der Waals surface area contributed by atoms with E-state index in [1.54, 1.807) is 4.57 Å². The van der Waals surface area contributed by atoms with Gasteiger partial charge in [0, 0.05) is 0 Å². The molecule has 0 bridgehead atoms. The number of fused-ring (bicyclic) bond motifs is 1. The first-order chi connectivity index (χ1) is 15.6. The number of aromatic nitrogens is 1. The molecule has 0 fully saturated rings. The van der Waals surface area contributed by atoms with Crippen LogP contribution in [0, 0.1) is 0 Å². The molecular weight excluding hydrogens is 424 g/mol. The first-order valence-electron chi connectivity index (χ1n) is 10.5. The maximum atomic E-state index is 13.5. The molecule has 164 valence electrons. The van der Waals surface area contributed by atoms with Gasteiger partial charge in [-0.2, -0.15) is 0 Å². The van der Waals surface area contributed by atoms with Crippen LogP contribution in [0.2, 0.25) is 0 Å². The average Bonchev–Trinajstić information content (AvgIpc) is 3.14. The first-order valence-corrected chi connectivity index (χ1v) is 11.3. The molecule has 1 aliphatic heterocycles. The fourth-order valence-electron chi connectivity index (χ4n) is 3.79. The number of hydrogen-bond acceptors (Lipinski definition) is 6. The molecule has 1 atom stereocenters. The smallest absolute Gasteiger partial charge is 0.338 e. The Labute approximate surface area is 189 Å². The molecule has 1 aromatic heterocycles. The molecule has 0 aliphatic carbocycles. The summed E-state index contributed by atoms with van der Waals surface area (Å²) < 4.78 is 12.7. The van der Waals surface area contributed by atoms with Crippen molar-refractivity contribution in [2.24, 2.45) is 4.99 Å². The molecule has 0 radical (unpaired) electrons. The van der Waals surface area contributed by atoms with Crippen molar-refractivity contribution in [3.05, 3.63) is 96.7 Å². The largest absolute Gasteiger partial charge is 0.494 e. The molecule has 32 heavy (non-hydrogen) atoms. The Balaban J connectivity index is 1.91. The topological polar surface area (TPSA) is 69.9 Å². The standard InChI is InChI=1S/C25H24N2O4S/c1-4-19-21(24(29)30-3)22(17-9-7-6-8-10-17)27-23(28)20(32-25(27)26-19)15-16-11-13-18(14-12-16)31-5-2/h6-15,22H,4-5H2,1-3H3/b20-15-/t22-/m1/s1. The number of thiazole rings is 1. The van der Waals surface area contributed by atoms with Crippen molar-refractivity contribution in [3.63, 3.8) is 0 Å². The molecule has 0 spiro atoms. The van der Waals surface area contributed by atoms with Crippen molar-refractivity contribution in [2.45, 2.75) is 26.3 Å². The highest BCUT2D eigenvalue weighted by atomic mass is 32.1. The van der Waals surface area contributed by atoms with Crippen LogP contribution in [0.1, 0.15) is 37.4 Å². The van der Waals surface area contributed by atoms with Crippen LogP contribution < -0.4 is 19.6 Å². The summed E-state index contributed by atoms with van der Waals surface area (Å²) in [5, 5.41) is 0. The molecular formula is C25H24N2O4S. The highest BCUT2D eigenvalue weighted by molar-refractivity contribution is 7.07. The van der Waals surface area contributed by atoms with E-state index in [0.717, 1.165) is 16.9 Å². The first kappa shape index (κ1) is 21.8. The summed E-state index contributed by atoms with van der Waals surface area (Å²) in [6, 6.07) is 16.5. The summed E-state index contributed by atoms with van der Waals surface area (Å²) in [5.74, 6) is 0.311. The van der Waals surface area contributed by atoms with E-state index < -0.39 is 12.0 Å². The molecule has 1 aliphatic rings. The summed E-state index contributed by atoms with van der Waals surface area (Å²) in [6.07, 6.45) is 2.40. The van der Waals surface area contributed by atoms with Crippen LogP contribution >= 0.6 is 11.3 Å². The number of nitrogens with zero attached hydrogens (tertiary/aromatic N) is 2. The Morgan fingerprint density at radius 1 is 1.12 bits per heavy atom. The van der Waals surface area contributed by atoms with Gasteiger partial charge >= 0.3 is 5.97 Å². The Hall–Kier alpha value is -3.45. The lowest BCUT2D eigenvalue weighted by Gasteiger charge is -2.25. The summed E-state index contributed by atoms with van der Waals surface area (Å²) in [7, 11) is 1.35. The van der Waals surface area contributed by atoms with Gasteiger partial charge in [-0.3, -0.25) is 9.36 Å². The maximum absolute atomic E-state index is 13.5. The number of benzene rings is 2. The summed E-state index contributed by atoms with van der Waals surface area (Å²) in [4.78, 5) is 31.5. The van der Waals surface area contributed by atoms with E-state index >= 15 is 0 Å². The second-order valence-corrected chi connectivity index (χ2v) is 8.21. The van der Waals surface area contributed by atoms with Crippen LogP contribution in [-0.2, 0) is 9.53 Å². The fourth-order valence-corrected chi connectivity index (χ4v) is 4.81. The van der Waals surface area contributed by atoms with Gasteiger partial charge in [-0.25, -0.2) is 9.79 Å². The lowest BCUT2D eigenvalue weighted by Crippen LogP contribution is -2.40. The zero-order valence-electron chi connectivity index (χ0n) is 18.2. The lowest BCUT2D eigenvalue weighted by atomic mass is 9.95. The highest BCUT2D eigenvalue weighted by Crippen LogP contribution is 2.31. The van der Waals surface area contributed by atoms with Gasteiger partial charge in [0.05, 0.1) is 35.6 Å². The Morgan fingerprint density at radius 2 is 1.84 bits per heavy atom. The van der Waals surface area contributed by atoms with Gasteiger partial charge in [0.2, 0.25) is 0 Å². The van der Waals surface area contributed by atoms with Crippen molar-refractivity contribution in [1.29, 1.82) is 0 Å². The van der Waals surface area contributed by atoms with E-state index in [4.69, 9.17) is 9.47 Å². The van der Waals surface area contributed by atoms with Gasteiger partial charge in [-0.1, -0.05) is 60.7 Å². The molecule has 2 aromatic carbocycles. The molecule has 0 N–H and O–H groups in total. The Morgan fingerprint density at radius 3 is 2.47 bits per heavy atom. The predicted molar refractivity (Wildman–Crippen MR) is 124 cm³/mol. The van der Waals surface area contributed by atoms with Crippen LogP contribution in [-0.4, -0.2) is 24.3 Å². The molecule has 2 heterocycles. The van der Waals surface area contributed by atoms with Crippen LogP contribution in [0.4, 0.5) is 0 Å². The Kier molecular flexibility index (Phi) is 6.37. The molecule has 0 saturated carbocycles. The fraction of sp³-hybridized carbons (Fsp3) is 0.240. The number of esters is 1. The van der Waals surface area contributed by atoms with Crippen molar-refractivity contribution in [2.75, 3.05) is 13.7 Å². The van der Waals surface area contributed by atoms with E-state index in [9.17, 15) is 9.59 Å². The minimum Gasteiger partial charge on any atom is -0.494 e. The van der Waals surface area contributed by atoms with Gasteiger partial charge in [0.25, 0.3) is 5.56 Å². The van der Waals surface area contributed by atoms with Crippen LogP contribution in [0.25, 0.3) is 6.08 Å². The third kappa shape index (κ3) is 4.03. The van der Waals surface area contributed by atoms with E-state index in [0.29, 0.717) is 33.6 Å². The molecule has 7 heteroatoms. The highest BCUT2D eigenvalue weighted by Gasteiger charge is 2.33. The maximum Gasteiger partial charge on any atom is 0.338 e. The van der Waals surface area contributed by atoms with Crippen molar-refractivity contribution in [1.82, 2.24) is 4.57 Å². The molecule has 0 unspecified atom stereocenters. The zero-order chi connectivity index (χ0) is 22.7. The average molecular weight is 449 g/mol. The summed E-state index contributed by atoms with van der Waals surface area (Å²) in [5.41, 5.74) is 2.58. The third-order valence-electron chi connectivity index (χ3n) is 5.25. The second kappa shape index (κ2) is 9.36. The number of methoxy groups -OCH3 is 1. The number of rotatable bonds is 6. The zero-order valence-corrected chi connectivity index (χ0v) is 19.0. The van der Waals surface area contributed by atoms with Crippen molar-refractivity contribution < 1.29 is 14.3 Å². The van der Waals surface area contributed by atoms with E-state index in [-0.39, 0.29) is 5.56 Å². The third-order valence-corrected chi connectivity index (χ3v) is 6.24. The van der Waals surface area contributed by atoms with Crippen molar-refractivity contribution in [3.8, 4) is 5.75 Å². The SMILES string of the molecule is CCOc1ccc(/C=c2\sc3n(c2=O)[C@H](c2ccccc2)C(C(=O)OC)=C(CC)N=3)cc1. The quantitative estimate of drug-likeness (QED) is 0.543.